The van der Waals surface area contributed by atoms with Gasteiger partial charge in [-0.1, -0.05) is 48.5 Å². The molecule has 2 saturated heterocycles. The Bertz CT molecular complexity index is 560. The van der Waals surface area contributed by atoms with Crippen LogP contribution < -0.4 is 0 Å². The van der Waals surface area contributed by atoms with Crippen molar-refractivity contribution in [1.82, 2.24) is 0 Å². The molecule has 7 nitrogen and oxygen atoms in total. The zero-order valence-corrected chi connectivity index (χ0v) is 20.9. The van der Waals surface area contributed by atoms with Crippen LogP contribution in [0.4, 0.5) is 0 Å². The lowest BCUT2D eigenvalue weighted by molar-refractivity contribution is -0.153. The minimum Gasteiger partial charge on any atom is -0.385 e. The fourth-order valence-corrected chi connectivity index (χ4v) is 2.96. The number of hydrogen-bond acceptors (Lipinski definition) is 7. The summed E-state index contributed by atoms with van der Waals surface area (Å²) in [6.07, 6.45) is 1.31. The molecule has 3 unspecified atom stereocenters. The van der Waals surface area contributed by atoms with Crippen molar-refractivity contribution in [3.63, 3.8) is 0 Å². The molecule has 0 aromatic carbocycles. The van der Waals surface area contributed by atoms with Gasteiger partial charge in [0, 0.05) is 24.4 Å². The van der Waals surface area contributed by atoms with Crippen LogP contribution in [0.25, 0.3) is 0 Å². The van der Waals surface area contributed by atoms with Gasteiger partial charge in [0.15, 0.2) is 23.1 Å². The highest BCUT2D eigenvalue weighted by molar-refractivity contribution is 5.85. The van der Waals surface area contributed by atoms with E-state index in [1.807, 2.05) is 41.5 Å². The number of hydrogen-bond donors (Lipinski definition) is 1. The summed E-state index contributed by atoms with van der Waals surface area (Å²) in [5.74, 6) is -0.152. The first-order valence-corrected chi connectivity index (χ1v) is 11.5. The van der Waals surface area contributed by atoms with Crippen LogP contribution in [0.1, 0.15) is 81.6 Å². The van der Waals surface area contributed by atoms with Crippen LogP contribution in [-0.4, -0.2) is 59.8 Å². The molecule has 2 fully saturated rings. The molecule has 182 valence electrons. The molecule has 0 radical (unpaired) electrons. The monoisotopic (exact) mass is 444 g/mol. The van der Waals surface area contributed by atoms with E-state index in [2.05, 4.69) is 0 Å². The molecule has 2 aliphatic heterocycles. The van der Waals surface area contributed by atoms with Gasteiger partial charge in [0.1, 0.15) is 18.3 Å². The lowest BCUT2D eigenvalue weighted by atomic mass is 10.0. The second-order valence-electron chi connectivity index (χ2n) is 9.41. The Morgan fingerprint density at radius 3 is 1.74 bits per heavy atom. The van der Waals surface area contributed by atoms with Crippen molar-refractivity contribution < 1.29 is 33.7 Å². The molecule has 0 spiro atoms. The van der Waals surface area contributed by atoms with Crippen LogP contribution in [0.2, 0.25) is 0 Å². The van der Waals surface area contributed by atoms with E-state index in [1.54, 1.807) is 20.8 Å². The summed E-state index contributed by atoms with van der Waals surface area (Å²) in [6.45, 7) is 17.8. The van der Waals surface area contributed by atoms with Crippen LogP contribution in [0, 0.1) is 17.8 Å². The molecule has 31 heavy (non-hydrogen) atoms. The number of ether oxygens (including phenoxy) is 3. The minimum atomic E-state index is -0.745. The average molecular weight is 445 g/mol. The Kier molecular flexibility index (Phi) is 13.6. The highest BCUT2D eigenvalue weighted by atomic mass is 16.7. The first kappa shape index (κ1) is 29.9. The molecule has 0 aromatic rings. The summed E-state index contributed by atoms with van der Waals surface area (Å²) < 4.78 is 15.9. The Morgan fingerprint density at radius 2 is 1.45 bits per heavy atom. The Morgan fingerprint density at radius 1 is 0.935 bits per heavy atom. The van der Waals surface area contributed by atoms with Gasteiger partial charge < -0.3 is 19.3 Å². The lowest BCUT2D eigenvalue weighted by Crippen LogP contribution is -2.29. The highest BCUT2D eigenvalue weighted by Crippen LogP contribution is 2.24. The maximum atomic E-state index is 11.4. The van der Waals surface area contributed by atoms with Crippen LogP contribution in [-0.2, 0) is 28.6 Å². The lowest BCUT2D eigenvalue weighted by Gasteiger charge is -2.17. The molecule has 1 N–H and O–H groups in total. The maximum absolute atomic E-state index is 11.4. The van der Waals surface area contributed by atoms with E-state index in [1.165, 1.54) is 0 Å². The standard InChI is InChI=1S/C9H16O3.C8H14O2.C7H14O2/c1-6(2)8(10)7-5-11-9(3,4)12-7;1-6(2)8(9)7-4-3-5-10-7;1-4-6(8)7(9)5(2)3/h6-7H,5H2,1-4H3;6-7H,3-5H2,1-2H3;5-6,8H,4H2,1-3H3. The van der Waals surface area contributed by atoms with Crippen LogP contribution in [0.15, 0.2) is 0 Å². The van der Waals surface area contributed by atoms with Crippen molar-refractivity contribution in [1.29, 1.82) is 0 Å². The quantitative estimate of drug-likeness (QED) is 0.638. The Labute approximate surface area is 188 Å². The Balaban J connectivity index is 0.000000441. The van der Waals surface area contributed by atoms with Gasteiger partial charge in [0.2, 0.25) is 0 Å². The molecule has 0 aromatic heterocycles. The molecule has 3 atom stereocenters. The van der Waals surface area contributed by atoms with Crippen molar-refractivity contribution in [2.75, 3.05) is 13.2 Å². The van der Waals surface area contributed by atoms with Gasteiger partial charge in [-0.05, 0) is 33.1 Å². The first-order valence-electron chi connectivity index (χ1n) is 11.5. The highest BCUT2D eigenvalue weighted by Gasteiger charge is 2.37. The third-order valence-electron chi connectivity index (χ3n) is 4.99. The van der Waals surface area contributed by atoms with Gasteiger partial charge in [-0.25, -0.2) is 0 Å². The van der Waals surface area contributed by atoms with E-state index in [0.29, 0.717) is 13.0 Å². The van der Waals surface area contributed by atoms with E-state index in [-0.39, 0.29) is 47.3 Å². The largest absolute Gasteiger partial charge is 0.385 e. The smallest absolute Gasteiger partial charge is 0.166 e. The summed E-state index contributed by atoms with van der Waals surface area (Å²) >= 11 is 0. The molecule has 0 aliphatic carbocycles. The molecule has 2 rings (SSSR count). The van der Waals surface area contributed by atoms with E-state index in [4.69, 9.17) is 19.3 Å². The van der Waals surface area contributed by atoms with Gasteiger partial charge >= 0.3 is 0 Å². The summed E-state index contributed by atoms with van der Waals surface area (Å²) in [6, 6.07) is 0. The number of aliphatic hydroxyl groups is 1. The predicted octanol–water partition coefficient (Wildman–Crippen LogP) is 3.74. The summed E-state index contributed by atoms with van der Waals surface area (Å²) in [7, 11) is 0. The molecule has 0 saturated carbocycles. The molecular weight excluding hydrogens is 400 g/mol. The molecule has 2 heterocycles. The van der Waals surface area contributed by atoms with Crippen molar-refractivity contribution in [3.05, 3.63) is 0 Å². The number of Topliss-reactive ketones (excluding diaryl/α,β-unsaturated/α-hetero) is 3. The number of rotatable bonds is 7. The zero-order valence-electron chi connectivity index (χ0n) is 20.9. The van der Waals surface area contributed by atoms with E-state index in [0.717, 1.165) is 19.4 Å². The average Bonchev–Trinajstić information content (AvgIpc) is 3.35. The SMILES string of the molecule is CC(C)C(=O)C1CCCO1.CC(C)C(=O)C1COC(C)(C)O1.CCC(O)C(=O)C(C)C. The zero-order chi connectivity index (χ0) is 24.4. The van der Waals surface area contributed by atoms with E-state index >= 15 is 0 Å². The summed E-state index contributed by atoms with van der Waals surface area (Å²) in [5.41, 5.74) is 0. The predicted molar refractivity (Wildman–Crippen MR) is 120 cm³/mol. The molecule has 0 bridgehead atoms. The molecular formula is C24H44O7. The number of carbonyl (C=O) groups excluding carboxylic acids is 3. The van der Waals surface area contributed by atoms with Crippen molar-refractivity contribution in [3.8, 4) is 0 Å². The maximum Gasteiger partial charge on any atom is 0.166 e. The van der Waals surface area contributed by atoms with Gasteiger partial charge in [0.05, 0.1) is 6.61 Å². The van der Waals surface area contributed by atoms with Crippen LogP contribution >= 0.6 is 0 Å². The second-order valence-corrected chi connectivity index (χ2v) is 9.41. The first-order chi connectivity index (χ1) is 14.2. The van der Waals surface area contributed by atoms with Crippen molar-refractivity contribution in [2.24, 2.45) is 17.8 Å². The molecule has 0 amide bonds. The number of ketones is 3. The number of carbonyl (C=O) groups is 3. The normalized spacial score (nSPS) is 23.1. The summed E-state index contributed by atoms with van der Waals surface area (Å²) in [4.78, 5) is 33.5. The Hall–Kier alpha value is -1.15. The fourth-order valence-electron chi connectivity index (χ4n) is 2.96. The topological polar surface area (TPSA) is 99.1 Å². The second kappa shape index (κ2) is 14.1. The van der Waals surface area contributed by atoms with Gasteiger partial charge in [-0.2, -0.15) is 0 Å². The molecule has 2 aliphatic rings. The minimum absolute atomic E-state index is 0.0208. The molecule has 7 heteroatoms. The van der Waals surface area contributed by atoms with Crippen LogP contribution in [0.5, 0.6) is 0 Å². The van der Waals surface area contributed by atoms with Gasteiger partial charge in [-0.15, -0.1) is 0 Å². The van der Waals surface area contributed by atoms with E-state index in [9.17, 15) is 14.4 Å². The summed E-state index contributed by atoms with van der Waals surface area (Å²) in [5, 5.41) is 8.95. The third kappa shape index (κ3) is 11.3. The number of aliphatic hydroxyl groups excluding tert-OH is 1. The van der Waals surface area contributed by atoms with E-state index < -0.39 is 11.9 Å². The van der Waals surface area contributed by atoms with Crippen LogP contribution in [0.3, 0.4) is 0 Å². The third-order valence-corrected chi connectivity index (χ3v) is 4.99. The van der Waals surface area contributed by atoms with Crippen molar-refractivity contribution in [2.45, 2.75) is 106 Å². The van der Waals surface area contributed by atoms with Gasteiger partial charge in [-0.3, -0.25) is 14.4 Å². The fraction of sp³-hybridized carbons (Fsp3) is 0.875. The van der Waals surface area contributed by atoms with Gasteiger partial charge in [0.25, 0.3) is 0 Å². The van der Waals surface area contributed by atoms with Crippen molar-refractivity contribution >= 4 is 17.3 Å².